The van der Waals surface area contributed by atoms with E-state index in [0.717, 1.165) is 5.56 Å². The Bertz CT molecular complexity index is 775. The zero-order chi connectivity index (χ0) is 18.4. The van der Waals surface area contributed by atoms with Gasteiger partial charge >= 0.3 is 5.97 Å². The quantitative estimate of drug-likeness (QED) is 0.769. The summed E-state index contributed by atoms with van der Waals surface area (Å²) in [5.74, 6) is -0.155. The van der Waals surface area contributed by atoms with Crippen LogP contribution in [0.1, 0.15) is 15.9 Å². The molecule has 2 N–H and O–H groups in total. The molecule has 0 saturated heterocycles. The number of carbonyl (C=O) groups is 2. The summed E-state index contributed by atoms with van der Waals surface area (Å²) >= 11 is 6.05. The van der Waals surface area contributed by atoms with Crippen molar-refractivity contribution < 1.29 is 19.1 Å². The normalized spacial score (nSPS) is 10.1. The van der Waals surface area contributed by atoms with E-state index in [9.17, 15) is 9.59 Å². The van der Waals surface area contributed by atoms with Crippen molar-refractivity contribution in [1.82, 2.24) is 0 Å². The van der Waals surface area contributed by atoms with E-state index in [2.05, 4.69) is 15.4 Å². The average Bonchev–Trinajstić information content (AvgIpc) is 2.62. The molecular weight excluding hydrogens is 344 g/mol. The van der Waals surface area contributed by atoms with Crippen LogP contribution in [0.15, 0.2) is 36.4 Å². The Balaban J connectivity index is 1.97. The molecule has 132 valence electrons. The minimum atomic E-state index is -0.408. The summed E-state index contributed by atoms with van der Waals surface area (Å²) < 4.78 is 9.86. The molecule has 0 unspecified atom stereocenters. The van der Waals surface area contributed by atoms with Crippen LogP contribution in [0.4, 0.5) is 11.4 Å². The Labute approximate surface area is 151 Å². The van der Waals surface area contributed by atoms with Crippen LogP contribution in [0.3, 0.4) is 0 Å². The minimum Gasteiger partial charge on any atom is -0.495 e. The van der Waals surface area contributed by atoms with Gasteiger partial charge in [0, 0.05) is 16.8 Å². The first kappa shape index (κ1) is 18.6. The second-order valence-corrected chi connectivity index (χ2v) is 5.68. The molecule has 25 heavy (non-hydrogen) atoms. The lowest BCUT2D eigenvalue weighted by Gasteiger charge is -2.13. The third-order valence-corrected chi connectivity index (χ3v) is 3.92. The molecule has 0 saturated carbocycles. The molecule has 0 bridgehead atoms. The zero-order valence-electron chi connectivity index (χ0n) is 14.2. The highest BCUT2D eigenvalue weighted by Gasteiger charge is 2.10. The van der Waals surface area contributed by atoms with E-state index in [-0.39, 0.29) is 12.5 Å². The van der Waals surface area contributed by atoms with Crippen molar-refractivity contribution in [2.75, 3.05) is 31.4 Å². The fourth-order valence-corrected chi connectivity index (χ4v) is 2.30. The van der Waals surface area contributed by atoms with Crippen molar-refractivity contribution in [3.8, 4) is 5.75 Å². The van der Waals surface area contributed by atoms with E-state index in [1.165, 1.54) is 14.2 Å². The second kappa shape index (κ2) is 8.39. The number of nitrogens with one attached hydrogen (secondary N) is 2. The van der Waals surface area contributed by atoms with Gasteiger partial charge in [-0.2, -0.15) is 0 Å². The molecule has 2 aromatic carbocycles. The van der Waals surface area contributed by atoms with Crippen molar-refractivity contribution in [1.29, 1.82) is 0 Å². The monoisotopic (exact) mass is 362 g/mol. The Morgan fingerprint density at radius 2 is 1.80 bits per heavy atom. The van der Waals surface area contributed by atoms with Gasteiger partial charge in [-0.1, -0.05) is 11.6 Å². The molecule has 0 aliphatic carbocycles. The van der Waals surface area contributed by atoms with E-state index < -0.39 is 5.97 Å². The molecule has 0 heterocycles. The number of benzene rings is 2. The molecule has 0 aromatic heterocycles. The Hall–Kier alpha value is -2.73. The van der Waals surface area contributed by atoms with Gasteiger partial charge in [0.25, 0.3) is 0 Å². The average molecular weight is 363 g/mol. The largest absolute Gasteiger partial charge is 0.495 e. The first-order chi connectivity index (χ1) is 11.9. The fraction of sp³-hybridized carbons (Fsp3) is 0.222. The third-order valence-electron chi connectivity index (χ3n) is 3.51. The number of hydrogen-bond acceptors (Lipinski definition) is 5. The van der Waals surface area contributed by atoms with Gasteiger partial charge in [0.05, 0.1) is 32.0 Å². The summed E-state index contributed by atoms with van der Waals surface area (Å²) in [5, 5.41) is 6.33. The number of amides is 1. The summed E-state index contributed by atoms with van der Waals surface area (Å²) in [5.41, 5.74) is 2.54. The van der Waals surface area contributed by atoms with E-state index in [1.807, 2.05) is 6.92 Å². The standard InChI is InChI=1S/C18H19ClN2O4/c1-11-8-15(16(24-2)9-14(11)19)21-17(22)10-20-13-6-4-12(5-7-13)18(23)25-3/h4-9,20H,10H2,1-3H3,(H,21,22). The molecule has 2 rings (SSSR count). The smallest absolute Gasteiger partial charge is 0.337 e. The fourth-order valence-electron chi connectivity index (χ4n) is 2.15. The second-order valence-electron chi connectivity index (χ2n) is 5.27. The predicted molar refractivity (Wildman–Crippen MR) is 97.6 cm³/mol. The van der Waals surface area contributed by atoms with Crippen LogP contribution >= 0.6 is 11.6 Å². The van der Waals surface area contributed by atoms with Gasteiger partial charge in [-0.05, 0) is 42.8 Å². The van der Waals surface area contributed by atoms with Crippen LogP contribution in [0.2, 0.25) is 5.02 Å². The van der Waals surface area contributed by atoms with Crippen molar-refractivity contribution in [2.24, 2.45) is 0 Å². The summed E-state index contributed by atoms with van der Waals surface area (Å²) in [6.07, 6.45) is 0. The molecule has 0 spiro atoms. The number of anilines is 2. The number of hydrogen-bond donors (Lipinski definition) is 2. The van der Waals surface area contributed by atoms with Crippen molar-refractivity contribution in [3.63, 3.8) is 0 Å². The molecule has 0 aliphatic heterocycles. The van der Waals surface area contributed by atoms with Crippen molar-refractivity contribution in [3.05, 3.63) is 52.5 Å². The van der Waals surface area contributed by atoms with E-state index >= 15 is 0 Å². The predicted octanol–water partition coefficient (Wildman–Crippen LogP) is 3.49. The number of halogens is 1. The van der Waals surface area contributed by atoms with E-state index in [0.29, 0.717) is 27.7 Å². The lowest BCUT2D eigenvalue weighted by molar-refractivity contribution is -0.114. The topological polar surface area (TPSA) is 76.7 Å². The molecule has 0 atom stereocenters. The SMILES string of the molecule is COC(=O)c1ccc(NCC(=O)Nc2cc(C)c(Cl)cc2OC)cc1. The Morgan fingerprint density at radius 1 is 1.12 bits per heavy atom. The molecule has 2 aromatic rings. The van der Waals surface area contributed by atoms with E-state index in [1.54, 1.807) is 36.4 Å². The van der Waals surface area contributed by atoms with Gasteiger partial charge in [-0.25, -0.2) is 4.79 Å². The van der Waals surface area contributed by atoms with E-state index in [4.69, 9.17) is 16.3 Å². The van der Waals surface area contributed by atoms with Gasteiger partial charge in [0.2, 0.25) is 5.91 Å². The maximum atomic E-state index is 12.1. The summed E-state index contributed by atoms with van der Waals surface area (Å²) in [7, 11) is 2.84. The molecule has 6 nitrogen and oxygen atoms in total. The molecule has 0 fully saturated rings. The first-order valence-corrected chi connectivity index (χ1v) is 7.88. The van der Waals surface area contributed by atoms with Crippen LogP contribution in [0.5, 0.6) is 5.75 Å². The highest BCUT2D eigenvalue weighted by Crippen LogP contribution is 2.30. The number of carbonyl (C=O) groups excluding carboxylic acids is 2. The number of rotatable bonds is 6. The number of methoxy groups -OCH3 is 2. The number of ether oxygens (including phenoxy) is 2. The molecule has 0 radical (unpaired) electrons. The van der Waals surface area contributed by atoms with Gasteiger partial charge in [-0.3, -0.25) is 4.79 Å². The zero-order valence-corrected chi connectivity index (χ0v) is 14.9. The number of esters is 1. The Morgan fingerprint density at radius 3 is 2.40 bits per heavy atom. The summed E-state index contributed by atoms with van der Waals surface area (Å²) in [6.45, 7) is 1.90. The maximum Gasteiger partial charge on any atom is 0.337 e. The van der Waals surface area contributed by atoms with Crippen LogP contribution in [0, 0.1) is 6.92 Å². The number of aryl methyl sites for hydroxylation is 1. The molecular formula is C18H19ClN2O4. The van der Waals surface area contributed by atoms with Gasteiger partial charge in [0.1, 0.15) is 5.75 Å². The highest BCUT2D eigenvalue weighted by atomic mass is 35.5. The minimum absolute atomic E-state index is 0.0579. The maximum absolute atomic E-state index is 12.1. The lowest BCUT2D eigenvalue weighted by Crippen LogP contribution is -2.22. The third kappa shape index (κ3) is 4.87. The highest BCUT2D eigenvalue weighted by molar-refractivity contribution is 6.31. The van der Waals surface area contributed by atoms with Gasteiger partial charge in [-0.15, -0.1) is 0 Å². The van der Waals surface area contributed by atoms with Crippen molar-refractivity contribution in [2.45, 2.75) is 6.92 Å². The summed E-state index contributed by atoms with van der Waals surface area (Å²) in [6, 6.07) is 10.1. The lowest BCUT2D eigenvalue weighted by atomic mass is 10.2. The summed E-state index contributed by atoms with van der Waals surface area (Å²) in [4.78, 5) is 23.5. The first-order valence-electron chi connectivity index (χ1n) is 7.51. The van der Waals surface area contributed by atoms with Crippen LogP contribution in [-0.4, -0.2) is 32.6 Å². The molecule has 0 aliphatic rings. The molecule has 7 heteroatoms. The van der Waals surface area contributed by atoms with Gasteiger partial charge < -0.3 is 20.1 Å². The molecule has 1 amide bonds. The van der Waals surface area contributed by atoms with Crippen LogP contribution < -0.4 is 15.4 Å². The van der Waals surface area contributed by atoms with Gasteiger partial charge in [0.15, 0.2) is 0 Å². The van der Waals surface area contributed by atoms with Crippen molar-refractivity contribution >= 4 is 34.9 Å². The Kier molecular flexibility index (Phi) is 6.25. The van der Waals surface area contributed by atoms with Crippen LogP contribution in [0.25, 0.3) is 0 Å². The van der Waals surface area contributed by atoms with Crippen LogP contribution in [-0.2, 0) is 9.53 Å².